The Morgan fingerprint density at radius 3 is 2.95 bits per heavy atom. The van der Waals surface area contributed by atoms with Crippen molar-refractivity contribution in [2.45, 2.75) is 13.5 Å². The summed E-state index contributed by atoms with van der Waals surface area (Å²) in [7, 11) is 0. The molecule has 20 heavy (non-hydrogen) atoms. The van der Waals surface area contributed by atoms with Gasteiger partial charge < -0.3 is 11.1 Å². The van der Waals surface area contributed by atoms with Crippen molar-refractivity contribution >= 4 is 11.6 Å². The second-order valence-corrected chi connectivity index (χ2v) is 4.09. The number of hydrogen-bond acceptors (Lipinski definition) is 3. The molecule has 102 valence electrons. The Kier molecular flexibility index (Phi) is 4.53. The van der Waals surface area contributed by atoms with Crippen molar-refractivity contribution in [1.82, 2.24) is 9.78 Å². The van der Waals surface area contributed by atoms with E-state index in [-0.39, 0.29) is 12.5 Å². The number of nitrogens with two attached hydrogens (primary N) is 1. The van der Waals surface area contributed by atoms with E-state index < -0.39 is 0 Å². The van der Waals surface area contributed by atoms with Crippen LogP contribution in [0.2, 0.25) is 0 Å². The molecule has 1 amide bonds. The van der Waals surface area contributed by atoms with E-state index in [9.17, 15) is 4.79 Å². The molecule has 0 aliphatic rings. The van der Waals surface area contributed by atoms with Crippen molar-refractivity contribution in [3.8, 4) is 11.8 Å². The summed E-state index contributed by atoms with van der Waals surface area (Å²) in [6.07, 6.45) is 3.40. The number of carbonyl (C=O) groups is 1. The summed E-state index contributed by atoms with van der Waals surface area (Å²) in [5.41, 5.74) is 7.21. The number of carbonyl (C=O) groups excluding carboxylic acids is 1. The van der Waals surface area contributed by atoms with Gasteiger partial charge in [0.2, 0.25) is 0 Å². The number of aryl methyl sites for hydroxylation is 1. The van der Waals surface area contributed by atoms with Crippen LogP contribution >= 0.6 is 0 Å². The Bertz CT molecular complexity index is 664. The fourth-order valence-corrected chi connectivity index (χ4v) is 1.74. The van der Waals surface area contributed by atoms with Crippen molar-refractivity contribution in [3.05, 3.63) is 47.8 Å². The molecule has 0 aliphatic carbocycles. The normalized spacial score (nSPS) is 9.70. The molecular formula is C15H16N4O. The Hall–Kier alpha value is -2.58. The van der Waals surface area contributed by atoms with Gasteiger partial charge in [-0.1, -0.05) is 24.0 Å². The molecule has 3 N–H and O–H groups in total. The third-order valence-electron chi connectivity index (χ3n) is 2.71. The van der Waals surface area contributed by atoms with Gasteiger partial charge in [-0.2, -0.15) is 5.10 Å². The maximum absolute atomic E-state index is 12.2. The highest BCUT2D eigenvalue weighted by Crippen LogP contribution is 2.11. The molecule has 0 aliphatic heterocycles. The highest BCUT2D eigenvalue weighted by Gasteiger charge is 2.10. The van der Waals surface area contributed by atoms with Crippen LogP contribution < -0.4 is 11.1 Å². The van der Waals surface area contributed by atoms with E-state index in [0.717, 1.165) is 6.54 Å². The standard InChI is InChI=1S/C15H16N4O/c1-2-19-11-13(10-17-19)18-15(20)14-8-4-3-6-12(14)7-5-9-16/h3-4,6,8,10-11H,2,9,16H2,1H3,(H,18,20). The predicted octanol–water partition coefficient (Wildman–Crippen LogP) is 1.47. The first-order valence-corrected chi connectivity index (χ1v) is 6.36. The van der Waals surface area contributed by atoms with E-state index >= 15 is 0 Å². The smallest absolute Gasteiger partial charge is 0.257 e. The minimum Gasteiger partial charge on any atom is -0.320 e. The van der Waals surface area contributed by atoms with Crippen molar-refractivity contribution in [2.75, 3.05) is 11.9 Å². The van der Waals surface area contributed by atoms with Crippen molar-refractivity contribution in [2.24, 2.45) is 5.73 Å². The molecule has 0 atom stereocenters. The van der Waals surface area contributed by atoms with Crippen molar-refractivity contribution < 1.29 is 4.79 Å². The lowest BCUT2D eigenvalue weighted by Crippen LogP contribution is -2.13. The molecule has 0 radical (unpaired) electrons. The van der Waals surface area contributed by atoms with Gasteiger partial charge in [0.05, 0.1) is 24.0 Å². The zero-order valence-corrected chi connectivity index (χ0v) is 11.3. The number of amides is 1. The summed E-state index contributed by atoms with van der Waals surface area (Å²) < 4.78 is 1.75. The highest BCUT2D eigenvalue weighted by molar-refractivity contribution is 6.05. The van der Waals surface area contributed by atoms with E-state index in [2.05, 4.69) is 22.3 Å². The first-order valence-electron chi connectivity index (χ1n) is 6.36. The second-order valence-electron chi connectivity index (χ2n) is 4.09. The Labute approximate surface area is 117 Å². The zero-order valence-electron chi connectivity index (χ0n) is 11.3. The molecule has 0 saturated heterocycles. The molecule has 1 aromatic carbocycles. The molecule has 1 aromatic heterocycles. The van der Waals surface area contributed by atoms with Gasteiger partial charge in [0.15, 0.2) is 0 Å². The first-order chi connectivity index (χ1) is 9.74. The maximum Gasteiger partial charge on any atom is 0.257 e. The summed E-state index contributed by atoms with van der Waals surface area (Å²) in [5, 5.41) is 6.92. The van der Waals surface area contributed by atoms with Crippen molar-refractivity contribution in [3.63, 3.8) is 0 Å². The van der Waals surface area contributed by atoms with Gasteiger partial charge >= 0.3 is 0 Å². The summed E-state index contributed by atoms with van der Waals surface area (Å²) in [6.45, 7) is 3.00. The molecule has 0 unspecified atom stereocenters. The van der Waals surface area contributed by atoms with Crippen LogP contribution in [0.5, 0.6) is 0 Å². The van der Waals surface area contributed by atoms with Gasteiger partial charge in [-0.25, -0.2) is 0 Å². The maximum atomic E-state index is 12.2. The number of benzene rings is 1. The van der Waals surface area contributed by atoms with Crippen molar-refractivity contribution in [1.29, 1.82) is 0 Å². The summed E-state index contributed by atoms with van der Waals surface area (Å²) >= 11 is 0. The largest absolute Gasteiger partial charge is 0.320 e. The third kappa shape index (κ3) is 3.25. The van der Waals surface area contributed by atoms with E-state index in [1.54, 1.807) is 35.3 Å². The van der Waals surface area contributed by atoms with E-state index in [4.69, 9.17) is 5.73 Å². The van der Waals surface area contributed by atoms with Gasteiger partial charge in [-0.15, -0.1) is 0 Å². The van der Waals surface area contributed by atoms with Crippen LogP contribution in [-0.2, 0) is 6.54 Å². The monoisotopic (exact) mass is 268 g/mol. The molecule has 0 bridgehead atoms. The second kappa shape index (κ2) is 6.55. The average Bonchev–Trinajstić information content (AvgIpc) is 2.93. The number of hydrogen-bond donors (Lipinski definition) is 2. The lowest BCUT2D eigenvalue weighted by molar-refractivity contribution is 0.102. The lowest BCUT2D eigenvalue weighted by atomic mass is 10.1. The molecule has 1 heterocycles. The van der Waals surface area contributed by atoms with Gasteiger partial charge in [0.1, 0.15) is 0 Å². The van der Waals surface area contributed by atoms with Gasteiger partial charge in [-0.3, -0.25) is 9.48 Å². The molecule has 2 rings (SSSR count). The number of nitrogens with one attached hydrogen (secondary N) is 1. The van der Waals surface area contributed by atoms with Crippen LogP contribution in [0.1, 0.15) is 22.8 Å². The van der Waals surface area contributed by atoms with Crippen LogP contribution in [0.4, 0.5) is 5.69 Å². The summed E-state index contributed by atoms with van der Waals surface area (Å²) in [5.74, 6) is 5.45. The Morgan fingerprint density at radius 1 is 1.45 bits per heavy atom. The van der Waals surface area contributed by atoms with Crippen LogP contribution in [0.15, 0.2) is 36.7 Å². The van der Waals surface area contributed by atoms with E-state index in [1.807, 2.05) is 13.0 Å². The van der Waals surface area contributed by atoms with Gasteiger partial charge in [-0.05, 0) is 19.1 Å². The Morgan fingerprint density at radius 2 is 2.25 bits per heavy atom. The number of nitrogens with zero attached hydrogens (tertiary/aromatic N) is 2. The van der Waals surface area contributed by atoms with Crippen LogP contribution in [0.25, 0.3) is 0 Å². The average molecular weight is 268 g/mol. The quantitative estimate of drug-likeness (QED) is 0.828. The molecule has 0 saturated carbocycles. The fourth-order valence-electron chi connectivity index (χ4n) is 1.74. The van der Waals surface area contributed by atoms with Crippen LogP contribution in [0, 0.1) is 11.8 Å². The van der Waals surface area contributed by atoms with Crippen LogP contribution in [0.3, 0.4) is 0 Å². The highest BCUT2D eigenvalue weighted by atomic mass is 16.1. The Balaban J connectivity index is 2.20. The first kappa shape index (κ1) is 13.8. The molecule has 5 heteroatoms. The SMILES string of the molecule is CCn1cc(NC(=O)c2ccccc2C#CCN)cn1. The predicted molar refractivity (Wildman–Crippen MR) is 78.2 cm³/mol. The number of anilines is 1. The zero-order chi connectivity index (χ0) is 14.4. The fraction of sp³-hybridized carbons (Fsp3) is 0.200. The van der Waals surface area contributed by atoms with Gasteiger partial charge in [0, 0.05) is 18.3 Å². The van der Waals surface area contributed by atoms with E-state index in [0.29, 0.717) is 16.8 Å². The lowest BCUT2D eigenvalue weighted by Gasteiger charge is -2.04. The number of aromatic nitrogens is 2. The molecule has 2 aromatic rings. The number of rotatable bonds is 3. The molecule has 0 fully saturated rings. The topological polar surface area (TPSA) is 72.9 Å². The third-order valence-corrected chi connectivity index (χ3v) is 2.71. The molecular weight excluding hydrogens is 252 g/mol. The summed E-state index contributed by atoms with van der Waals surface area (Å²) in [4.78, 5) is 12.2. The molecule has 5 nitrogen and oxygen atoms in total. The summed E-state index contributed by atoms with van der Waals surface area (Å²) in [6, 6.07) is 7.18. The minimum absolute atomic E-state index is 0.206. The van der Waals surface area contributed by atoms with Gasteiger partial charge in [0.25, 0.3) is 5.91 Å². The molecule has 0 spiro atoms. The minimum atomic E-state index is -0.206. The van der Waals surface area contributed by atoms with E-state index in [1.165, 1.54) is 0 Å². The van der Waals surface area contributed by atoms with Crippen LogP contribution in [-0.4, -0.2) is 22.2 Å².